The molecule has 2 heteroatoms. The van der Waals surface area contributed by atoms with Crippen LogP contribution in [-0.2, 0) is 6.54 Å². The lowest BCUT2D eigenvalue weighted by Gasteiger charge is -2.40. The molecule has 0 radical (unpaired) electrons. The molecule has 90 valence electrons. The van der Waals surface area contributed by atoms with Crippen LogP contribution < -0.4 is 5.32 Å². The molecule has 0 aromatic heterocycles. The zero-order valence-electron chi connectivity index (χ0n) is 10.2. The fourth-order valence-electron chi connectivity index (χ4n) is 4.22. The van der Waals surface area contributed by atoms with Crippen molar-refractivity contribution in [3.05, 3.63) is 35.9 Å². The molecule has 3 aliphatic heterocycles. The third-order valence-corrected chi connectivity index (χ3v) is 4.96. The minimum Gasteiger partial charge on any atom is -0.308 e. The Hall–Kier alpha value is -0.860. The lowest BCUT2D eigenvalue weighted by Crippen LogP contribution is -2.57. The monoisotopic (exact) mass is 228 g/mol. The maximum atomic E-state index is 3.83. The van der Waals surface area contributed by atoms with Gasteiger partial charge < -0.3 is 5.32 Å². The quantitative estimate of drug-likeness (QED) is 0.834. The van der Waals surface area contributed by atoms with Crippen LogP contribution in [-0.4, -0.2) is 29.1 Å². The molecular weight excluding hydrogens is 208 g/mol. The average Bonchev–Trinajstić information content (AvgIpc) is 2.87. The van der Waals surface area contributed by atoms with E-state index in [4.69, 9.17) is 0 Å². The highest BCUT2D eigenvalue weighted by Crippen LogP contribution is 2.40. The Morgan fingerprint density at radius 3 is 2.24 bits per heavy atom. The summed E-state index contributed by atoms with van der Waals surface area (Å²) < 4.78 is 0. The van der Waals surface area contributed by atoms with Crippen LogP contribution in [0.1, 0.15) is 31.2 Å². The van der Waals surface area contributed by atoms with E-state index in [0.29, 0.717) is 0 Å². The Kier molecular flexibility index (Phi) is 2.27. The summed E-state index contributed by atoms with van der Waals surface area (Å²) in [6.07, 6.45) is 5.62. The smallest absolute Gasteiger partial charge is 0.0257 e. The van der Waals surface area contributed by atoms with Crippen molar-refractivity contribution in [2.24, 2.45) is 0 Å². The van der Waals surface area contributed by atoms with Crippen molar-refractivity contribution in [2.45, 2.75) is 56.4 Å². The van der Waals surface area contributed by atoms with Crippen molar-refractivity contribution >= 4 is 0 Å². The molecule has 1 N–H and O–H groups in total. The number of piperazine rings is 1. The highest BCUT2D eigenvalue weighted by molar-refractivity contribution is 5.17. The van der Waals surface area contributed by atoms with Crippen LogP contribution in [0.3, 0.4) is 0 Å². The van der Waals surface area contributed by atoms with Crippen molar-refractivity contribution in [1.82, 2.24) is 10.2 Å². The minimum absolute atomic E-state index is 0.780. The van der Waals surface area contributed by atoms with Crippen molar-refractivity contribution in [3.8, 4) is 0 Å². The summed E-state index contributed by atoms with van der Waals surface area (Å²) >= 11 is 0. The first kappa shape index (κ1) is 10.1. The van der Waals surface area contributed by atoms with Crippen LogP contribution in [0.25, 0.3) is 0 Å². The van der Waals surface area contributed by atoms with Crippen molar-refractivity contribution < 1.29 is 0 Å². The van der Waals surface area contributed by atoms with Gasteiger partial charge in [0.25, 0.3) is 0 Å². The SMILES string of the molecule is c1ccc(CN2[C@@H]3CC[C@H]2[C@@H]2CC[C@H]3N2)cc1. The maximum absolute atomic E-state index is 3.83. The zero-order chi connectivity index (χ0) is 11.2. The molecule has 1 aromatic carbocycles. The lowest BCUT2D eigenvalue weighted by atomic mass is 10.0. The van der Waals surface area contributed by atoms with Gasteiger partial charge in [-0.05, 0) is 31.2 Å². The largest absolute Gasteiger partial charge is 0.308 e. The number of nitrogens with one attached hydrogen (secondary N) is 1. The summed E-state index contributed by atoms with van der Waals surface area (Å²) in [5.74, 6) is 0. The van der Waals surface area contributed by atoms with E-state index in [9.17, 15) is 0 Å². The van der Waals surface area contributed by atoms with E-state index in [2.05, 4.69) is 40.5 Å². The second kappa shape index (κ2) is 3.82. The van der Waals surface area contributed by atoms with Gasteiger partial charge in [0.15, 0.2) is 0 Å². The topological polar surface area (TPSA) is 15.3 Å². The molecule has 0 saturated carbocycles. The Bertz CT molecular complexity index is 385. The predicted octanol–water partition coefficient (Wildman–Crippen LogP) is 2.15. The number of nitrogens with zero attached hydrogens (tertiary/aromatic N) is 1. The van der Waals surface area contributed by atoms with Crippen LogP contribution in [0.15, 0.2) is 30.3 Å². The molecule has 3 aliphatic rings. The van der Waals surface area contributed by atoms with Crippen LogP contribution in [0, 0.1) is 0 Å². The number of fused-ring (bicyclic) bond motifs is 6. The second-order valence-corrected chi connectivity index (χ2v) is 5.83. The van der Waals surface area contributed by atoms with Gasteiger partial charge in [-0.3, -0.25) is 4.90 Å². The van der Waals surface area contributed by atoms with Gasteiger partial charge in [0.1, 0.15) is 0 Å². The molecule has 3 heterocycles. The van der Waals surface area contributed by atoms with E-state index in [1.54, 1.807) is 0 Å². The van der Waals surface area contributed by atoms with Crippen LogP contribution in [0.5, 0.6) is 0 Å². The summed E-state index contributed by atoms with van der Waals surface area (Å²) in [6.45, 7) is 1.16. The van der Waals surface area contributed by atoms with Gasteiger partial charge in [-0.15, -0.1) is 0 Å². The first-order chi connectivity index (χ1) is 8.42. The molecular formula is C15H20N2. The van der Waals surface area contributed by atoms with Crippen molar-refractivity contribution in [2.75, 3.05) is 0 Å². The molecule has 17 heavy (non-hydrogen) atoms. The summed E-state index contributed by atoms with van der Waals surface area (Å²) in [7, 11) is 0. The Morgan fingerprint density at radius 2 is 1.59 bits per heavy atom. The van der Waals surface area contributed by atoms with E-state index < -0.39 is 0 Å². The molecule has 1 aromatic rings. The molecule has 4 bridgehead atoms. The fraction of sp³-hybridized carbons (Fsp3) is 0.600. The van der Waals surface area contributed by atoms with Gasteiger partial charge in [-0.25, -0.2) is 0 Å². The van der Waals surface area contributed by atoms with Gasteiger partial charge >= 0.3 is 0 Å². The van der Waals surface area contributed by atoms with E-state index >= 15 is 0 Å². The van der Waals surface area contributed by atoms with E-state index in [1.165, 1.54) is 31.2 Å². The maximum Gasteiger partial charge on any atom is 0.0257 e. The van der Waals surface area contributed by atoms with Gasteiger partial charge in [0.2, 0.25) is 0 Å². The molecule has 3 fully saturated rings. The van der Waals surface area contributed by atoms with Gasteiger partial charge in [0, 0.05) is 30.7 Å². The van der Waals surface area contributed by atoms with Gasteiger partial charge in [-0.2, -0.15) is 0 Å². The molecule has 2 nitrogen and oxygen atoms in total. The average molecular weight is 228 g/mol. The molecule has 4 rings (SSSR count). The highest BCUT2D eigenvalue weighted by atomic mass is 15.3. The first-order valence-corrected chi connectivity index (χ1v) is 6.97. The highest BCUT2D eigenvalue weighted by Gasteiger charge is 2.49. The number of benzene rings is 1. The van der Waals surface area contributed by atoms with Gasteiger partial charge in [0.05, 0.1) is 0 Å². The van der Waals surface area contributed by atoms with Crippen molar-refractivity contribution in [1.29, 1.82) is 0 Å². The normalized spacial score (nSPS) is 39.8. The Balaban J connectivity index is 1.59. The van der Waals surface area contributed by atoms with E-state index in [0.717, 1.165) is 30.7 Å². The van der Waals surface area contributed by atoms with Crippen LogP contribution in [0.2, 0.25) is 0 Å². The van der Waals surface area contributed by atoms with Crippen LogP contribution >= 0.6 is 0 Å². The summed E-state index contributed by atoms with van der Waals surface area (Å²) in [6, 6.07) is 14.1. The van der Waals surface area contributed by atoms with Gasteiger partial charge in [-0.1, -0.05) is 30.3 Å². The zero-order valence-corrected chi connectivity index (χ0v) is 10.2. The summed E-state index contributed by atoms with van der Waals surface area (Å²) in [5.41, 5.74) is 1.48. The van der Waals surface area contributed by atoms with E-state index in [-0.39, 0.29) is 0 Å². The lowest BCUT2D eigenvalue weighted by molar-refractivity contribution is 0.104. The molecule has 4 atom stereocenters. The van der Waals surface area contributed by atoms with E-state index in [1.807, 2.05) is 0 Å². The molecule has 0 spiro atoms. The molecule has 0 aliphatic carbocycles. The molecule has 0 unspecified atom stereocenters. The third kappa shape index (κ3) is 1.54. The second-order valence-electron chi connectivity index (χ2n) is 5.83. The fourth-order valence-corrected chi connectivity index (χ4v) is 4.22. The van der Waals surface area contributed by atoms with Crippen molar-refractivity contribution in [3.63, 3.8) is 0 Å². The summed E-state index contributed by atoms with van der Waals surface area (Å²) in [5, 5.41) is 3.83. The summed E-state index contributed by atoms with van der Waals surface area (Å²) in [4.78, 5) is 2.79. The Labute approximate surface area is 103 Å². The molecule has 0 amide bonds. The number of hydrogen-bond donors (Lipinski definition) is 1. The third-order valence-electron chi connectivity index (χ3n) is 4.96. The minimum atomic E-state index is 0.780. The Morgan fingerprint density at radius 1 is 0.941 bits per heavy atom. The predicted molar refractivity (Wildman–Crippen MR) is 68.7 cm³/mol. The number of hydrogen-bond acceptors (Lipinski definition) is 2. The standard InChI is InChI=1S/C15H20N2/c1-2-4-11(5-3-1)10-17-14-8-9-15(17)13-7-6-12(14)16-13/h1-5,12-16H,6-10H2/t12-,13+,14-,15+. The number of rotatable bonds is 2. The van der Waals surface area contributed by atoms with Crippen LogP contribution in [0.4, 0.5) is 0 Å². The first-order valence-electron chi connectivity index (χ1n) is 6.97. The molecule has 3 saturated heterocycles.